The quantitative estimate of drug-likeness (QED) is 0.274. The van der Waals surface area contributed by atoms with Gasteiger partial charge < -0.3 is 23.7 Å². The second-order valence-electron chi connectivity index (χ2n) is 9.15. The second kappa shape index (κ2) is 12.4. The fourth-order valence-corrected chi connectivity index (χ4v) is 5.85. The van der Waals surface area contributed by atoms with Crippen molar-refractivity contribution in [3.8, 4) is 23.0 Å². The van der Waals surface area contributed by atoms with Gasteiger partial charge in [0.05, 0.1) is 56.9 Å². The van der Waals surface area contributed by atoms with Gasteiger partial charge in [-0.1, -0.05) is 47.7 Å². The van der Waals surface area contributed by atoms with Crippen LogP contribution in [-0.4, -0.2) is 45.6 Å². The molecule has 216 valence electrons. The van der Waals surface area contributed by atoms with Gasteiger partial charge in [0.25, 0.3) is 5.56 Å². The van der Waals surface area contributed by atoms with Gasteiger partial charge in [0.1, 0.15) is 11.5 Å². The zero-order valence-electron chi connectivity index (χ0n) is 23.9. The van der Waals surface area contributed by atoms with Gasteiger partial charge >= 0.3 is 5.97 Å². The highest BCUT2D eigenvalue weighted by atomic mass is 32.1. The summed E-state index contributed by atoms with van der Waals surface area (Å²) in [6.45, 7) is 1.90. The van der Waals surface area contributed by atoms with Crippen molar-refractivity contribution >= 4 is 29.1 Å². The van der Waals surface area contributed by atoms with Gasteiger partial charge in [-0.15, -0.1) is 0 Å². The van der Waals surface area contributed by atoms with E-state index in [1.165, 1.54) is 23.0 Å². The minimum atomic E-state index is -0.852. The summed E-state index contributed by atoms with van der Waals surface area (Å²) in [5.41, 5.74) is 2.42. The Bertz CT molecular complexity index is 1840. The molecule has 0 unspecified atom stereocenters. The lowest BCUT2D eigenvalue weighted by Crippen LogP contribution is -2.40. The smallest absolute Gasteiger partial charge is 0.338 e. The maximum atomic E-state index is 14.2. The van der Waals surface area contributed by atoms with Crippen LogP contribution < -0.4 is 33.8 Å². The molecular formula is C32H30N2O7S. The fourth-order valence-electron chi connectivity index (χ4n) is 4.86. The van der Waals surface area contributed by atoms with Gasteiger partial charge in [-0.05, 0) is 42.8 Å². The molecule has 0 aliphatic carbocycles. The largest absolute Gasteiger partial charge is 0.497 e. The van der Waals surface area contributed by atoms with E-state index in [0.29, 0.717) is 49.2 Å². The van der Waals surface area contributed by atoms with Crippen LogP contribution >= 0.6 is 11.3 Å². The van der Waals surface area contributed by atoms with Crippen molar-refractivity contribution in [1.29, 1.82) is 0 Å². The molecule has 0 bridgehead atoms. The van der Waals surface area contributed by atoms with Crippen LogP contribution in [0.5, 0.6) is 23.0 Å². The molecule has 0 saturated carbocycles. The Labute approximate surface area is 246 Å². The molecule has 0 fully saturated rings. The van der Waals surface area contributed by atoms with E-state index < -0.39 is 12.0 Å². The van der Waals surface area contributed by atoms with Crippen LogP contribution in [0.15, 0.2) is 82.1 Å². The lowest BCUT2D eigenvalue weighted by molar-refractivity contribution is -0.138. The van der Waals surface area contributed by atoms with Crippen molar-refractivity contribution in [2.24, 2.45) is 4.99 Å². The molecule has 0 saturated heterocycles. The van der Waals surface area contributed by atoms with Crippen LogP contribution in [0, 0.1) is 0 Å². The summed E-state index contributed by atoms with van der Waals surface area (Å²) >= 11 is 1.23. The summed E-state index contributed by atoms with van der Waals surface area (Å²) in [4.78, 5) is 33.1. The summed E-state index contributed by atoms with van der Waals surface area (Å²) in [6.07, 6.45) is 1.75. The van der Waals surface area contributed by atoms with Crippen molar-refractivity contribution in [3.63, 3.8) is 0 Å². The molecule has 0 radical (unpaired) electrons. The first-order chi connectivity index (χ1) is 20.4. The first-order valence-electron chi connectivity index (χ1n) is 13.2. The van der Waals surface area contributed by atoms with Gasteiger partial charge in [0.15, 0.2) is 16.3 Å². The Morgan fingerprint density at radius 3 is 2.31 bits per heavy atom. The first-order valence-corrected chi connectivity index (χ1v) is 14.0. The number of carbonyl (C=O) groups excluding carboxylic acids is 1. The third kappa shape index (κ3) is 5.28. The number of hydrogen-bond donors (Lipinski definition) is 0. The first kappa shape index (κ1) is 28.7. The number of thiazole rings is 1. The predicted molar refractivity (Wildman–Crippen MR) is 160 cm³/mol. The Balaban J connectivity index is 1.83. The average Bonchev–Trinajstić information content (AvgIpc) is 3.34. The molecule has 2 heterocycles. The van der Waals surface area contributed by atoms with Crippen molar-refractivity contribution in [3.05, 3.63) is 109 Å². The number of carbonyl (C=O) groups is 1. The SMILES string of the molecule is CCOC(=O)C1=C(c2ccccc2)N=c2s/c(=C\c3ccc(OC)cc3OC)c(=O)n2[C@@H]1c1ccc(OC)c(OC)c1. The van der Waals surface area contributed by atoms with E-state index in [1.54, 1.807) is 58.6 Å². The predicted octanol–water partition coefficient (Wildman–Crippen LogP) is 3.97. The highest BCUT2D eigenvalue weighted by Crippen LogP contribution is 2.38. The lowest BCUT2D eigenvalue weighted by Gasteiger charge is -2.26. The Kier molecular flexibility index (Phi) is 8.44. The molecular weight excluding hydrogens is 556 g/mol. The molecule has 0 N–H and O–H groups in total. The molecule has 10 heteroatoms. The number of ether oxygens (including phenoxy) is 5. The molecule has 1 aliphatic rings. The van der Waals surface area contributed by atoms with Gasteiger partial charge in [0, 0.05) is 17.2 Å². The zero-order valence-corrected chi connectivity index (χ0v) is 24.7. The van der Waals surface area contributed by atoms with Crippen molar-refractivity contribution in [2.45, 2.75) is 13.0 Å². The topological polar surface area (TPSA) is 97.6 Å². The number of rotatable bonds is 9. The number of fused-ring (bicyclic) bond motifs is 1. The minimum Gasteiger partial charge on any atom is -0.497 e. The van der Waals surface area contributed by atoms with Gasteiger partial charge in [-0.2, -0.15) is 0 Å². The molecule has 3 aromatic carbocycles. The van der Waals surface area contributed by atoms with E-state index in [2.05, 4.69) is 0 Å². The maximum Gasteiger partial charge on any atom is 0.338 e. The fraction of sp³-hybridized carbons (Fsp3) is 0.219. The molecule has 9 nitrogen and oxygen atoms in total. The minimum absolute atomic E-state index is 0.157. The van der Waals surface area contributed by atoms with Crippen LogP contribution in [-0.2, 0) is 9.53 Å². The van der Waals surface area contributed by atoms with Crippen molar-refractivity contribution in [1.82, 2.24) is 4.57 Å². The van der Waals surface area contributed by atoms with E-state index in [4.69, 9.17) is 28.7 Å². The Hall–Kier alpha value is -4.83. The molecule has 0 amide bonds. The van der Waals surface area contributed by atoms with E-state index in [9.17, 15) is 9.59 Å². The highest BCUT2D eigenvalue weighted by Gasteiger charge is 2.35. The van der Waals surface area contributed by atoms with Crippen LogP contribution in [0.25, 0.3) is 11.8 Å². The van der Waals surface area contributed by atoms with E-state index >= 15 is 0 Å². The summed E-state index contributed by atoms with van der Waals surface area (Å²) in [6, 6.07) is 19.2. The molecule has 0 spiro atoms. The van der Waals surface area contributed by atoms with Crippen molar-refractivity contribution in [2.75, 3.05) is 35.0 Å². The van der Waals surface area contributed by atoms with Gasteiger partial charge in [0.2, 0.25) is 0 Å². The third-order valence-corrected chi connectivity index (χ3v) is 7.81. The van der Waals surface area contributed by atoms with E-state index in [1.807, 2.05) is 42.5 Å². The van der Waals surface area contributed by atoms with Crippen LogP contribution in [0.4, 0.5) is 0 Å². The summed E-state index contributed by atoms with van der Waals surface area (Å²) in [7, 11) is 6.22. The number of benzene rings is 3. The lowest BCUT2D eigenvalue weighted by atomic mass is 9.93. The standard InChI is InChI=1S/C32H30N2O7S/c1-6-41-31(36)27-28(19-10-8-7-9-11-19)33-32-34(29(27)21-13-15-23(38-3)25(16-21)40-5)30(35)26(42-32)17-20-12-14-22(37-2)18-24(20)39-4/h7-18,29H,6H2,1-5H3/b26-17-/t29-/m1/s1. The Morgan fingerprint density at radius 2 is 1.64 bits per heavy atom. The molecule has 1 atom stereocenters. The number of aromatic nitrogens is 1. The van der Waals surface area contributed by atoms with Gasteiger partial charge in [-0.25, -0.2) is 9.79 Å². The molecule has 4 aromatic rings. The van der Waals surface area contributed by atoms with Crippen LogP contribution in [0.2, 0.25) is 0 Å². The molecule has 1 aliphatic heterocycles. The number of nitrogens with zero attached hydrogens (tertiary/aromatic N) is 2. The third-order valence-electron chi connectivity index (χ3n) is 6.82. The summed E-state index contributed by atoms with van der Waals surface area (Å²) in [5, 5.41) is 0. The average molecular weight is 587 g/mol. The van der Waals surface area contributed by atoms with E-state index in [-0.39, 0.29) is 17.7 Å². The van der Waals surface area contributed by atoms with E-state index in [0.717, 1.165) is 5.56 Å². The van der Waals surface area contributed by atoms with Crippen molar-refractivity contribution < 1.29 is 28.5 Å². The Morgan fingerprint density at radius 1 is 0.905 bits per heavy atom. The molecule has 5 rings (SSSR count). The molecule has 42 heavy (non-hydrogen) atoms. The second-order valence-corrected chi connectivity index (χ2v) is 10.2. The maximum absolute atomic E-state index is 14.2. The number of methoxy groups -OCH3 is 4. The molecule has 1 aromatic heterocycles. The monoisotopic (exact) mass is 586 g/mol. The summed E-state index contributed by atoms with van der Waals surface area (Å²) in [5.74, 6) is 1.59. The normalized spacial score (nSPS) is 14.6. The van der Waals surface area contributed by atoms with Gasteiger partial charge in [-0.3, -0.25) is 9.36 Å². The number of hydrogen-bond acceptors (Lipinski definition) is 9. The van der Waals surface area contributed by atoms with Crippen LogP contribution in [0.1, 0.15) is 29.7 Å². The summed E-state index contributed by atoms with van der Waals surface area (Å²) < 4.78 is 29.4. The van der Waals surface area contributed by atoms with Crippen LogP contribution in [0.3, 0.4) is 0 Å². The highest BCUT2D eigenvalue weighted by molar-refractivity contribution is 7.07. The number of esters is 1. The zero-order chi connectivity index (χ0) is 29.8.